The Bertz CT molecular complexity index is 472. The number of ketones is 1. The summed E-state index contributed by atoms with van der Waals surface area (Å²) in [6.45, 7) is 2.12. The summed E-state index contributed by atoms with van der Waals surface area (Å²) in [7, 11) is 0. The number of thiazole rings is 1. The lowest BCUT2D eigenvalue weighted by Gasteiger charge is -2.40. The summed E-state index contributed by atoms with van der Waals surface area (Å²) in [5.74, 6) is -1.41. The number of aromatic nitrogens is 1. The molecule has 19 heavy (non-hydrogen) atoms. The van der Waals surface area contributed by atoms with Gasteiger partial charge < -0.3 is 10.4 Å². The van der Waals surface area contributed by atoms with Crippen molar-refractivity contribution < 1.29 is 14.7 Å². The number of rotatable bonds is 6. The van der Waals surface area contributed by atoms with Gasteiger partial charge in [0.05, 0.1) is 0 Å². The quantitative estimate of drug-likeness (QED) is 0.786. The molecular formula is C12H16N2O3S2. The second kappa shape index (κ2) is 5.50. The van der Waals surface area contributed by atoms with Crippen molar-refractivity contribution in [3.8, 4) is 0 Å². The van der Waals surface area contributed by atoms with Gasteiger partial charge in [-0.3, -0.25) is 4.79 Å². The van der Waals surface area contributed by atoms with Gasteiger partial charge in [0, 0.05) is 18.2 Å². The minimum Gasteiger partial charge on any atom is -0.476 e. The van der Waals surface area contributed by atoms with Crippen LogP contribution in [0.3, 0.4) is 0 Å². The van der Waals surface area contributed by atoms with Crippen molar-refractivity contribution >= 4 is 40.0 Å². The Balaban J connectivity index is 2.11. The molecule has 1 fully saturated rings. The average molecular weight is 300 g/mol. The van der Waals surface area contributed by atoms with Gasteiger partial charge in [-0.25, -0.2) is 9.78 Å². The Morgan fingerprint density at radius 3 is 2.58 bits per heavy atom. The lowest BCUT2D eigenvalue weighted by molar-refractivity contribution is 0.0687. The first-order chi connectivity index (χ1) is 8.97. The second-order valence-electron chi connectivity index (χ2n) is 4.65. The molecule has 0 amide bonds. The number of hydrogen-bond acceptors (Lipinski definition) is 6. The van der Waals surface area contributed by atoms with Crippen LogP contribution in [-0.2, 0) is 0 Å². The highest BCUT2D eigenvalue weighted by molar-refractivity contribution is 8.00. The standard InChI is InChI=1S/C12H16N2O3S2/c1-7(15)9-8(10(16)17)14-11(19-9)13-6-12(18-2)4-3-5-12/h3-6H2,1-2H3,(H,13,14)(H,16,17). The summed E-state index contributed by atoms with van der Waals surface area (Å²) in [4.78, 5) is 26.6. The van der Waals surface area contributed by atoms with E-state index in [0.29, 0.717) is 5.13 Å². The van der Waals surface area contributed by atoms with Gasteiger partial charge in [0.15, 0.2) is 16.6 Å². The van der Waals surface area contributed by atoms with Gasteiger partial charge >= 0.3 is 5.97 Å². The molecule has 0 unspecified atom stereocenters. The van der Waals surface area contributed by atoms with E-state index in [4.69, 9.17) is 5.11 Å². The zero-order chi connectivity index (χ0) is 14.0. The number of nitrogens with one attached hydrogen (secondary N) is 1. The normalized spacial score (nSPS) is 16.7. The highest BCUT2D eigenvalue weighted by Crippen LogP contribution is 2.43. The molecule has 2 rings (SSSR count). The topological polar surface area (TPSA) is 79.3 Å². The minimum absolute atomic E-state index is 0.146. The maximum Gasteiger partial charge on any atom is 0.356 e. The van der Waals surface area contributed by atoms with Crippen LogP contribution in [0.25, 0.3) is 0 Å². The molecule has 1 saturated carbocycles. The fraction of sp³-hybridized carbons (Fsp3) is 0.583. The molecule has 0 spiro atoms. The van der Waals surface area contributed by atoms with E-state index in [9.17, 15) is 9.59 Å². The number of carboxylic acids is 1. The predicted molar refractivity (Wildman–Crippen MR) is 77.7 cm³/mol. The molecule has 1 aromatic rings. The maximum absolute atomic E-state index is 11.4. The summed E-state index contributed by atoms with van der Waals surface area (Å²) in [5, 5.41) is 12.7. The second-order valence-corrected chi connectivity index (χ2v) is 6.93. The van der Waals surface area contributed by atoms with Gasteiger partial charge in [-0.05, 0) is 19.1 Å². The number of Topliss-reactive ketones (excluding diaryl/α,β-unsaturated/α-hetero) is 1. The number of aromatic carboxylic acids is 1. The molecule has 0 aliphatic heterocycles. The number of hydrogen-bond donors (Lipinski definition) is 2. The summed E-state index contributed by atoms with van der Waals surface area (Å²) in [5.41, 5.74) is -0.146. The van der Waals surface area contributed by atoms with Crippen molar-refractivity contribution in [3.63, 3.8) is 0 Å². The van der Waals surface area contributed by atoms with Crippen LogP contribution in [0.15, 0.2) is 0 Å². The SMILES string of the molecule is CSC1(CNc2nc(C(=O)O)c(C(C)=O)s2)CCC1. The molecule has 104 valence electrons. The van der Waals surface area contributed by atoms with E-state index in [-0.39, 0.29) is 21.1 Å². The Labute approximate surface area is 119 Å². The van der Waals surface area contributed by atoms with E-state index in [1.807, 2.05) is 11.8 Å². The summed E-state index contributed by atoms with van der Waals surface area (Å²) >= 11 is 2.95. The Morgan fingerprint density at radius 1 is 1.53 bits per heavy atom. The highest BCUT2D eigenvalue weighted by atomic mass is 32.2. The molecule has 1 aliphatic carbocycles. The Morgan fingerprint density at radius 2 is 2.21 bits per heavy atom. The van der Waals surface area contributed by atoms with Crippen molar-refractivity contribution in [2.45, 2.75) is 30.9 Å². The summed E-state index contributed by atoms with van der Waals surface area (Å²) in [6, 6.07) is 0. The molecule has 1 heterocycles. The number of carboxylic acid groups (broad SMARTS) is 1. The fourth-order valence-corrected chi connectivity index (χ4v) is 3.80. The van der Waals surface area contributed by atoms with E-state index in [0.717, 1.165) is 30.7 Å². The van der Waals surface area contributed by atoms with Gasteiger partial charge in [-0.15, -0.1) is 0 Å². The minimum atomic E-state index is -1.15. The van der Waals surface area contributed by atoms with Crippen LogP contribution in [0.2, 0.25) is 0 Å². The monoisotopic (exact) mass is 300 g/mol. The van der Waals surface area contributed by atoms with Crippen LogP contribution >= 0.6 is 23.1 Å². The van der Waals surface area contributed by atoms with Gasteiger partial charge in [0.1, 0.15) is 4.88 Å². The largest absolute Gasteiger partial charge is 0.476 e. The molecule has 0 atom stereocenters. The van der Waals surface area contributed by atoms with Crippen molar-refractivity contribution in [2.24, 2.45) is 0 Å². The third kappa shape index (κ3) is 2.92. The van der Waals surface area contributed by atoms with Gasteiger partial charge in [-0.2, -0.15) is 11.8 Å². The molecule has 0 radical (unpaired) electrons. The van der Waals surface area contributed by atoms with Crippen LogP contribution in [-0.4, -0.2) is 39.4 Å². The molecule has 1 aliphatic rings. The zero-order valence-electron chi connectivity index (χ0n) is 10.9. The summed E-state index contributed by atoms with van der Waals surface area (Å²) < 4.78 is 0.242. The van der Waals surface area contributed by atoms with Crippen molar-refractivity contribution in [1.82, 2.24) is 4.98 Å². The first kappa shape index (κ1) is 14.3. The molecule has 0 bridgehead atoms. The van der Waals surface area contributed by atoms with Gasteiger partial charge in [0.2, 0.25) is 0 Å². The number of anilines is 1. The van der Waals surface area contributed by atoms with Gasteiger partial charge in [0.25, 0.3) is 0 Å². The maximum atomic E-state index is 11.4. The van der Waals surface area contributed by atoms with Crippen LogP contribution < -0.4 is 5.32 Å². The van der Waals surface area contributed by atoms with E-state index in [1.165, 1.54) is 13.3 Å². The molecule has 0 aromatic carbocycles. The number of carbonyl (C=O) groups excluding carboxylic acids is 1. The first-order valence-corrected chi connectivity index (χ1v) is 8.06. The Hall–Kier alpha value is -1.08. The lowest BCUT2D eigenvalue weighted by Crippen LogP contribution is -2.40. The van der Waals surface area contributed by atoms with Crippen molar-refractivity contribution in [2.75, 3.05) is 18.1 Å². The van der Waals surface area contributed by atoms with E-state index >= 15 is 0 Å². The first-order valence-electron chi connectivity index (χ1n) is 6.01. The van der Waals surface area contributed by atoms with E-state index in [2.05, 4.69) is 16.6 Å². The average Bonchev–Trinajstić information content (AvgIpc) is 2.72. The smallest absolute Gasteiger partial charge is 0.356 e. The van der Waals surface area contributed by atoms with Crippen LogP contribution in [0.5, 0.6) is 0 Å². The fourth-order valence-electron chi connectivity index (χ4n) is 2.04. The zero-order valence-corrected chi connectivity index (χ0v) is 12.5. The number of thioether (sulfide) groups is 1. The third-order valence-corrected chi connectivity index (χ3v) is 5.94. The van der Waals surface area contributed by atoms with Gasteiger partial charge in [-0.1, -0.05) is 17.8 Å². The highest BCUT2D eigenvalue weighted by Gasteiger charge is 2.36. The van der Waals surface area contributed by atoms with Crippen LogP contribution in [0, 0.1) is 0 Å². The molecule has 7 heteroatoms. The summed E-state index contributed by atoms with van der Waals surface area (Å²) in [6.07, 6.45) is 5.65. The number of nitrogens with zero attached hydrogens (tertiary/aromatic N) is 1. The number of carbonyl (C=O) groups is 2. The molecular weight excluding hydrogens is 284 g/mol. The van der Waals surface area contributed by atoms with Crippen LogP contribution in [0.4, 0.5) is 5.13 Å². The van der Waals surface area contributed by atoms with E-state index < -0.39 is 5.97 Å². The molecule has 2 N–H and O–H groups in total. The predicted octanol–water partition coefficient (Wildman–Crippen LogP) is 2.74. The van der Waals surface area contributed by atoms with Crippen molar-refractivity contribution in [1.29, 1.82) is 0 Å². The molecule has 0 saturated heterocycles. The Kier molecular flexibility index (Phi) is 4.15. The van der Waals surface area contributed by atoms with Crippen molar-refractivity contribution in [3.05, 3.63) is 10.6 Å². The molecule has 5 nitrogen and oxygen atoms in total. The lowest BCUT2D eigenvalue weighted by atomic mass is 9.84. The van der Waals surface area contributed by atoms with E-state index in [1.54, 1.807) is 0 Å². The third-order valence-electron chi connectivity index (χ3n) is 3.41. The molecule has 1 aromatic heterocycles. The van der Waals surface area contributed by atoms with Crippen LogP contribution in [0.1, 0.15) is 46.3 Å².